The van der Waals surface area contributed by atoms with Crippen molar-refractivity contribution in [1.82, 2.24) is 4.90 Å². The lowest BCUT2D eigenvalue weighted by Crippen LogP contribution is -2.55. The number of nitrogens with zero attached hydrogens (tertiary/aromatic N) is 2. The maximum Gasteiger partial charge on any atom is 0.244 e. The molecule has 2 fully saturated rings. The summed E-state index contributed by atoms with van der Waals surface area (Å²) in [6.07, 6.45) is 3.66. The lowest BCUT2D eigenvalue weighted by Gasteiger charge is -2.42. The number of benzene rings is 1. The number of likely N-dealkylation sites (tertiary alicyclic amines) is 1. The van der Waals surface area contributed by atoms with Crippen LogP contribution < -0.4 is 4.90 Å². The zero-order valence-electron chi connectivity index (χ0n) is 13.6. The highest BCUT2D eigenvalue weighted by Gasteiger charge is 2.37. The van der Waals surface area contributed by atoms with Crippen LogP contribution in [0.25, 0.3) is 0 Å². The second-order valence-corrected chi connectivity index (χ2v) is 7.14. The molecule has 1 N–H and O–H groups in total. The molecule has 126 valence electrons. The number of rotatable bonds is 3. The number of aliphatic hydroxyl groups is 1. The summed E-state index contributed by atoms with van der Waals surface area (Å²) in [5.74, 6) is 0.419. The van der Waals surface area contributed by atoms with Gasteiger partial charge in [0.1, 0.15) is 0 Å². The minimum atomic E-state index is -0.309. The quantitative estimate of drug-likeness (QED) is 0.923. The standard InChI is InChI=1S/C18H25ClN2O2/c1-13(22)14-6-4-10-20(12-14)17-9-5-11-21(18(17)23)16-8-3-2-7-15(16)19/h2-3,7-8,13-14,17,22H,4-6,9-12H2,1H3. The summed E-state index contributed by atoms with van der Waals surface area (Å²) in [6, 6.07) is 7.47. The van der Waals surface area contributed by atoms with Crippen LogP contribution in [0.1, 0.15) is 32.6 Å². The monoisotopic (exact) mass is 336 g/mol. The number of anilines is 1. The minimum absolute atomic E-state index is 0.0819. The van der Waals surface area contributed by atoms with Gasteiger partial charge in [-0.3, -0.25) is 9.69 Å². The SMILES string of the molecule is CC(O)C1CCCN(C2CCCN(c3ccccc3Cl)C2=O)C1. The van der Waals surface area contributed by atoms with E-state index in [0.29, 0.717) is 5.02 Å². The number of carbonyl (C=O) groups is 1. The molecule has 5 heteroatoms. The summed E-state index contributed by atoms with van der Waals surface area (Å²) in [4.78, 5) is 17.1. The molecule has 1 amide bonds. The molecule has 0 bridgehead atoms. The van der Waals surface area contributed by atoms with Crippen molar-refractivity contribution in [1.29, 1.82) is 0 Å². The Morgan fingerprint density at radius 3 is 2.70 bits per heavy atom. The van der Waals surface area contributed by atoms with Crippen molar-refractivity contribution in [3.8, 4) is 0 Å². The lowest BCUT2D eigenvalue weighted by atomic mass is 9.90. The third-order valence-electron chi connectivity index (χ3n) is 5.17. The van der Waals surface area contributed by atoms with Crippen LogP contribution >= 0.6 is 11.6 Å². The number of hydrogen-bond donors (Lipinski definition) is 1. The number of hydrogen-bond acceptors (Lipinski definition) is 3. The number of amides is 1. The Hall–Kier alpha value is -1.10. The van der Waals surface area contributed by atoms with Crippen LogP contribution in [0, 0.1) is 5.92 Å². The Bertz CT molecular complexity index is 564. The van der Waals surface area contributed by atoms with Gasteiger partial charge < -0.3 is 10.0 Å². The van der Waals surface area contributed by atoms with Gasteiger partial charge in [-0.1, -0.05) is 23.7 Å². The van der Waals surface area contributed by atoms with E-state index < -0.39 is 0 Å². The van der Waals surface area contributed by atoms with E-state index in [9.17, 15) is 9.90 Å². The smallest absolute Gasteiger partial charge is 0.244 e. The van der Waals surface area contributed by atoms with Crippen LogP contribution in [0.4, 0.5) is 5.69 Å². The number of para-hydroxylation sites is 1. The molecule has 0 aliphatic carbocycles. The van der Waals surface area contributed by atoms with Gasteiger partial charge in [0.25, 0.3) is 0 Å². The van der Waals surface area contributed by atoms with Crippen LogP contribution in [-0.4, -0.2) is 47.7 Å². The molecule has 3 atom stereocenters. The van der Waals surface area contributed by atoms with Gasteiger partial charge in [-0.15, -0.1) is 0 Å². The molecular formula is C18H25ClN2O2. The van der Waals surface area contributed by atoms with E-state index in [0.717, 1.165) is 51.0 Å². The Labute approximate surface area is 143 Å². The molecule has 0 radical (unpaired) electrons. The molecule has 2 aliphatic rings. The number of halogens is 1. The third kappa shape index (κ3) is 3.54. The highest BCUT2D eigenvalue weighted by molar-refractivity contribution is 6.33. The zero-order valence-corrected chi connectivity index (χ0v) is 14.4. The fourth-order valence-electron chi connectivity index (χ4n) is 3.82. The van der Waals surface area contributed by atoms with Crippen molar-refractivity contribution < 1.29 is 9.90 Å². The molecule has 0 saturated carbocycles. The summed E-state index contributed by atoms with van der Waals surface area (Å²) >= 11 is 6.28. The second kappa shape index (κ2) is 7.20. The molecule has 1 aromatic carbocycles. The van der Waals surface area contributed by atoms with Crippen molar-refractivity contribution in [3.05, 3.63) is 29.3 Å². The van der Waals surface area contributed by atoms with Crippen molar-refractivity contribution >= 4 is 23.2 Å². The van der Waals surface area contributed by atoms with Crippen LogP contribution in [0.3, 0.4) is 0 Å². The fraction of sp³-hybridized carbons (Fsp3) is 0.611. The largest absolute Gasteiger partial charge is 0.393 e. The zero-order chi connectivity index (χ0) is 16.4. The molecule has 23 heavy (non-hydrogen) atoms. The molecule has 3 unspecified atom stereocenters. The highest BCUT2D eigenvalue weighted by atomic mass is 35.5. The van der Waals surface area contributed by atoms with Crippen LogP contribution in [-0.2, 0) is 4.79 Å². The minimum Gasteiger partial charge on any atom is -0.393 e. The molecule has 1 aromatic rings. The van der Waals surface area contributed by atoms with Gasteiger partial charge in [0.2, 0.25) is 5.91 Å². The van der Waals surface area contributed by atoms with Gasteiger partial charge in [-0.05, 0) is 57.2 Å². The Kier molecular flexibility index (Phi) is 5.24. The summed E-state index contributed by atoms with van der Waals surface area (Å²) < 4.78 is 0. The first-order valence-corrected chi connectivity index (χ1v) is 8.93. The lowest BCUT2D eigenvalue weighted by molar-refractivity contribution is -0.126. The van der Waals surface area contributed by atoms with Gasteiger partial charge in [0, 0.05) is 13.1 Å². The molecule has 2 heterocycles. The summed E-state index contributed by atoms with van der Waals surface area (Å²) in [7, 11) is 0. The van der Waals surface area contributed by atoms with Crippen LogP contribution in [0.15, 0.2) is 24.3 Å². The van der Waals surface area contributed by atoms with E-state index in [1.54, 1.807) is 0 Å². The number of carbonyl (C=O) groups excluding carboxylic acids is 1. The van der Waals surface area contributed by atoms with E-state index in [4.69, 9.17) is 11.6 Å². The topological polar surface area (TPSA) is 43.8 Å². The van der Waals surface area contributed by atoms with Crippen molar-refractivity contribution in [2.24, 2.45) is 5.92 Å². The molecule has 0 spiro atoms. The molecule has 3 rings (SSSR count). The highest BCUT2D eigenvalue weighted by Crippen LogP contribution is 2.31. The molecular weight excluding hydrogens is 312 g/mol. The van der Waals surface area contributed by atoms with Crippen molar-refractivity contribution in [2.45, 2.75) is 44.8 Å². The maximum absolute atomic E-state index is 13.0. The fourth-order valence-corrected chi connectivity index (χ4v) is 4.06. The second-order valence-electron chi connectivity index (χ2n) is 6.74. The van der Waals surface area contributed by atoms with Gasteiger partial charge in [-0.2, -0.15) is 0 Å². The molecule has 0 aromatic heterocycles. The predicted molar refractivity (Wildman–Crippen MR) is 92.8 cm³/mol. The summed E-state index contributed by atoms with van der Waals surface area (Å²) in [5, 5.41) is 10.5. The molecule has 2 saturated heterocycles. The van der Waals surface area contributed by atoms with E-state index in [1.807, 2.05) is 36.1 Å². The third-order valence-corrected chi connectivity index (χ3v) is 5.49. The van der Waals surface area contributed by atoms with E-state index in [2.05, 4.69) is 4.90 Å². The van der Waals surface area contributed by atoms with Gasteiger partial charge in [-0.25, -0.2) is 0 Å². The normalized spacial score (nSPS) is 28.0. The molecule has 4 nitrogen and oxygen atoms in total. The van der Waals surface area contributed by atoms with Crippen molar-refractivity contribution in [2.75, 3.05) is 24.5 Å². The summed E-state index contributed by atoms with van der Waals surface area (Å²) in [5.41, 5.74) is 0.813. The number of piperidine rings is 2. The average molecular weight is 337 g/mol. The Morgan fingerprint density at radius 2 is 1.96 bits per heavy atom. The first-order valence-electron chi connectivity index (χ1n) is 8.56. The van der Waals surface area contributed by atoms with Crippen molar-refractivity contribution in [3.63, 3.8) is 0 Å². The first kappa shape index (κ1) is 16.7. The summed E-state index contributed by atoms with van der Waals surface area (Å²) in [6.45, 7) is 4.33. The van der Waals surface area contributed by atoms with E-state index in [-0.39, 0.29) is 24.0 Å². The van der Waals surface area contributed by atoms with Gasteiger partial charge >= 0.3 is 0 Å². The van der Waals surface area contributed by atoms with Gasteiger partial charge in [0.05, 0.1) is 22.9 Å². The van der Waals surface area contributed by atoms with Gasteiger partial charge in [0.15, 0.2) is 0 Å². The van der Waals surface area contributed by atoms with Crippen LogP contribution in [0.5, 0.6) is 0 Å². The maximum atomic E-state index is 13.0. The van der Waals surface area contributed by atoms with E-state index in [1.165, 1.54) is 0 Å². The first-order chi connectivity index (χ1) is 11.1. The van der Waals surface area contributed by atoms with E-state index >= 15 is 0 Å². The molecule has 2 aliphatic heterocycles. The number of aliphatic hydroxyl groups excluding tert-OH is 1. The predicted octanol–water partition coefficient (Wildman–Crippen LogP) is 2.93. The van der Waals surface area contributed by atoms with Crippen LogP contribution in [0.2, 0.25) is 5.02 Å². The Morgan fingerprint density at radius 1 is 1.22 bits per heavy atom. The average Bonchev–Trinajstić information content (AvgIpc) is 2.56. The Balaban J connectivity index is 1.76.